The third-order valence-corrected chi connectivity index (χ3v) is 6.62. The first-order chi connectivity index (χ1) is 19.8. The van der Waals surface area contributed by atoms with Gasteiger partial charge in [-0.2, -0.15) is 0 Å². The van der Waals surface area contributed by atoms with Gasteiger partial charge in [0.15, 0.2) is 0 Å². The largest absolute Gasteiger partial charge is 0.478 e. The highest BCUT2D eigenvalue weighted by Crippen LogP contribution is 2.30. The molecule has 3 N–H and O–H groups in total. The second-order valence-electron chi connectivity index (χ2n) is 8.42. The van der Waals surface area contributed by atoms with Gasteiger partial charge in [-0.3, -0.25) is 0 Å². The summed E-state index contributed by atoms with van der Waals surface area (Å²) >= 11 is 7.85. The number of anilines is 2. The summed E-state index contributed by atoms with van der Waals surface area (Å²) in [6, 6.07) is 35.4. The lowest BCUT2D eigenvalue weighted by Gasteiger charge is -2.12. The smallest absolute Gasteiger partial charge is 0.337 e. The fourth-order valence-electron chi connectivity index (χ4n) is 3.55. The molecule has 0 aliphatic carbocycles. The molecule has 0 aliphatic rings. The first-order valence-corrected chi connectivity index (χ1v) is 13.6. The zero-order chi connectivity index (χ0) is 29.2. The van der Waals surface area contributed by atoms with Crippen molar-refractivity contribution in [1.82, 2.24) is 0 Å². The van der Waals surface area contributed by atoms with Crippen molar-refractivity contribution >= 4 is 57.5 Å². The van der Waals surface area contributed by atoms with Gasteiger partial charge >= 0.3 is 11.9 Å². The van der Waals surface area contributed by atoms with Gasteiger partial charge in [0.2, 0.25) is 0 Å². The number of nitrogens with one attached hydrogen (secondary N) is 1. The normalized spacial score (nSPS) is 10.1. The maximum Gasteiger partial charge on any atom is 0.337 e. The molecule has 0 aromatic heterocycles. The molecule has 5 aromatic carbocycles. The Morgan fingerprint density at radius 1 is 0.610 bits per heavy atom. The number of rotatable bonds is 8. The highest BCUT2D eigenvalue weighted by Gasteiger charge is 2.12. The molecule has 206 valence electrons. The predicted molar refractivity (Wildman–Crippen MR) is 167 cm³/mol. The van der Waals surface area contributed by atoms with Crippen LogP contribution in [0.1, 0.15) is 20.7 Å². The Morgan fingerprint density at radius 2 is 1.10 bits per heavy atom. The predicted octanol–water partition coefficient (Wildman–Crippen LogP) is 9.36. The van der Waals surface area contributed by atoms with Crippen molar-refractivity contribution in [2.24, 2.45) is 0 Å². The minimum atomic E-state index is -1.02. The van der Waals surface area contributed by atoms with Crippen molar-refractivity contribution in [3.05, 3.63) is 141 Å². The van der Waals surface area contributed by atoms with Gasteiger partial charge < -0.3 is 25.0 Å². The Bertz CT molecular complexity index is 1630. The molecule has 0 heterocycles. The number of halogens is 2. The molecule has 9 heteroatoms. The Morgan fingerprint density at radius 3 is 1.59 bits per heavy atom. The Kier molecular flexibility index (Phi) is 10.2. The summed E-state index contributed by atoms with van der Waals surface area (Å²) < 4.78 is 12.0. The van der Waals surface area contributed by atoms with Gasteiger partial charge in [-0.25, -0.2) is 9.59 Å². The lowest BCUT2D eigenvalue weighted by molar-refractivity contribution is 0.0686. The van der Waals surface area contributed by atoms with Crippen LogP contribution in [0.5, 0.6) is 23.0 Å². The van der Waals surface area contributed by atoms with Crippen LogP contribution in [0.25, 0.3) is 0 Å². The van der Waals surface area contributed by atoms with Gasteiger partial charge in [0.1, 0.15) is 23.0 Å². The van der Waals surface area contributed by atoms with E-state index in [1.165, 1.54) is 6.07 Å². The van der Waals surface area contributed by atoms with E-state index >= 15 is 0 Å². The minimum Gasteiger partial charge on any atom is -0.478 e. The molecule has 41 heavy (non-hydrogen) atoms. The van der Waals surface area contributed by atoms with E-state index in [1.54, 1.807) is 54.6 Å². The number of hydrogen-bond donors (Lipinski definition) is 3. The Hall–Kier alpha value is -4.54. The van der Waals surface area contributed by atoms with E-state index in [4.69, 9.17) is 26.2 Å². The maximum absolute atomic E-state index is 11.4. The lowest BCUT2D eigenvalue weighted by Crippen LogP contribution is -2.03. The van der Waals surface area contributed by atoms with E-state index in [9.17, 15) is 14.7 Å². The van der Waals surface area contributed by atoms with Crippen molar-refractivity contribution < 1.29 is 29.3 Å². The molecule has 0 saturated heterocycles. The third-order valence-electron chi connectivity index (χ3n) is 5.47. The highest BCUT2D eigenvalue weighted by molar-refractivity contribution is 14.1. The summed E-state index contributed by atoms with van der Waals surface area (Å²) in [4.78, 5) is 22.3. The number of hydrogen-bond acceptors (Lipinski definition) is 5. The average Bonchev–Trinajstić information content (AvgIpc) is 2.96. The van der Waals surface area contributed by atoms with Crippen LogP contribution in [0.2, 0.25) is 5.02 Å². The summed E-state index contributed by atoms with van der Waals surface area (Å²) in [5.41, 5.74) is 1.62. The molecule has 7 nitrogen and oxygen atoms in total. The van der Waals surface area contributed by atoms with E-state index in [-0.39, 0.29) is 11.1 Å². The molecule has 0 aliphatic heterocycles. The van der Waals surface area contributed by atoms with Crippen LogP contribution in [-0.2, 0) is 0 Å². The van der Waals surface area contributed by atoms with Gasteiger partial charge in [0, 0.05) is 20.3 Å². The quantitative estimate of drug-likeness (QED) is 0.140. The molecule has 0 amide bonds. The summed E-state index contributed by atoms with van der Waals surface area (Å²) in [6.07, 6.45) is 0. The number of benzene rings is 5. The van der Waals surface area contributed by atoms with Crippen LogP contribution < -0.4 is 14.8 Å². The van der Waals surface area contributed by atoms with Gasteiger partial charge in [-0.1, -0.05) is 48.0 Å². The lowest BCUT2D eigenvalue weighted by atomic mass is 10.1. The van der Waals surface area contributed by atoms with Crippen LogP contribution in [0.15, 0.2) is 121 Å². The fraction of sp³-hybridized carbons (Fsp3) is 0. The van der Waals surface area contributed by atoms with Crippen LogP contribution in [0.4, 0.5) is 11.4 Å². The van der Waals surface area contributed by atoms with Crippen LogP contribution in [0, 0.1) is 3.57 Å². The van der Waals surface area contributed by atoms with E-state index in [1.807, 2.05) is 83.3 Å². The van der Waals surface area contributed by atoms with Gasteiger partial charge in [-0.15, -0.1) is 0 Å². The van der Waals surface area contributed by atoms with E-state index in [0.717, 1.165) is 11.4 Å². The number of ether oxygens (including phenoxy) is 2. The van der Waals surface area contributed by atoms with E-state index < -0.39 is 11.9 Å². The molecule has 0 bridgehead atoms. The second-order valence-corrected chi connectivity index (χ2v) is 10.0. The minimum absolute atomic E-state index is 0.158. The SMILES string of the molecule is O=C(O)c1ccc(Oc2ccccc2)cc1I.O=C(O)c1ccc(Oc2ccccc2)cc1Nc1ccc(Cl)cc1. The maximum atomic E-state index is 11.4. The fourth-order valence-corrected chi connectivity index (χ4v) is 4.39. The van der Waals surface area contributed by atoms with Gasteiger partial charge in [0.05, 0.1) is 16.8 Å². The summed E-state index contributed by atoms with van der Waals surface area (Å²) in [6.45, 7) is 0. The summed E-state index contributed by atoms with van der Waals surface area (Å²) in [5.74, 6) is 0.635. The number of para-hydroxylation sites is 2. The van der Waals surface area contributed by atoms with Crippen LogP contribution >= 0.6 is 34.2 Å². The zero-order valence-electron chi connectivity index (χ0n) is 21.3. The first-order valence-electron chi connectivity index (χ1n) is 12.2. The summed E-state index contributed by atoms with van der Waals surface area (Å²) in [7, 11) is 0. The van der Waals surface area contributed by atoms with Crippen molar-refractivity contribution in [2.45, 2.75) is 0 Å². The highest BCUT2D eigenvalue weighted by atomic mass is 127. The second kappa shape index (κ2) is 14.2. The van der Waals surface area contributed by atoms with Crippen molar-refractivity contribution in [3.8, 4) is 23.0 Å². The van der Waals surface area contributed by atoms with Crippen molar-refractivity contribution in [1.29, 1.82) is 0 Å². The zero-order valence-corrected chi connectivity index (χ0v) is 24.2. The third kappa shape index (κ3) is 8.72. The molecule has 0 atom stereocenters. The Balaban J connectivity index is 0.000000201. The monoisotopic (exact) mass is 679 g/mol. The molecule has 0 spiro atoms. The van der Waals surface area contributed by atoms with Gasteiger partial charge in [-0.05, 0) is 101 Å². The average molecular weight is 680 g/mol. The molecular weight excluding hydrogens is 657 g/mol. The topological polar surface area (TPSA) is 105 Å². The van der Waals surface area contributed by atoms with Crippen LogP contribution in [0.3, 0.4) is 0 Å². The van der Waals surface area contributed by atoms with Crippen molar-refractivity contribution in [3.63, 3.8) is 0 Å². The molecule has 0 radical (unpaired) electrons. The number of carboxylic acids is 2. The van der Waals surface area contributed by atoms with Crippen molar-refractivity contribution in [2.75, 3.05) is 5.32 Å². The van der Waals surface area contributed by atoms with Gasteiger partial charge in [0.25, 0.3) is 0 Å². The first kappa shape index (κ1) is 29.4. The molecule has 0 saturated carbocycles. The van der Waals surface area contributed by atoms with E-state index in [0.29, 0.717) is 31.5 Å². The standard InChI is InChI=1S/C19H14ClNO3.C13H9IO3/c20-13-6-8-14(9-7-13)21-18-12-16(10-11-17(18)19(22)23)24-15-4-2-1-3-5-15;14-12-8-10(6-7-11(12)13(15)16)17-9-4-2-1-3-5-9/h1-12,21H,(H,22,23);1-8H,(H,15,16). The molecular formula is C32H23ClINO6. The summed E-state index contributed by atoms with van der Waals surface area (Å²) in [5, 5.41) is 22.0. The molecule has 5 aromatic rings. The molecule has 0 fully saturated rings. The van der Waals surface area contributed by atoms with Crippen LogP contribution in [-0.4, -0.2) is 22.2 Å². The number of carboxylic acid groups (broad SMARTS) is 2. The Labute approximate surface area is 255 Å². The molecule has 5 rings (SSSR count). The molecule has 0 unspecified atom stereocenters. The number of carbonyl (C=O) groups is 2. The number of aromatic carboxylic acids is 2. The van der Waals surface area contributed by atoms with E-state index in [2.05, 4.69) is 5.32 Å².